The van der Waals surface area contributed by atoms with E-state index >= 15 is 0 Å². The van der Waals surface area contributed by atoms with Gasteiger partial charge in [0.05, 0.1) is 0 Å². The minimum Gasteiger partial charge on any atom is -0.455 e. The molecule has 0 amide bonds. The topological polar surface area (TPSA) is 9.23 Å². The minimum absolute atomic E-state index is 0.0238. The van der Waals surface area contributed by atoms with E-state index < -0.39 is 17.3 Å². The van der Waals surface area contributed by atoms with E-state index in [1.807, 2.05) is 13.0 Å². The summed E-state index contributed by atoms with van der Waals surface area (Å²) in [6.45, 7) is 2.58. The third-order valence-corrected chi connectivity index (χ3v) is 2.95. The number of ether oxygens (including phenoxy) is 1. The van der Waals surface area contributed by atoms with E-state index in [4.69, 9.17) is 4.74 Å². The standard InChI is InChI=1S/C15H15F3O/c1-10-5-3-6-11(9-10)19-13-8-4-7-12(14(13)16)15(2,17)18/h3,5-6,8-9H,4,7H2,1-2H3. The molecular formula is C15H15F3O. The van der Waals surface area contributed by atoms with Gasteiger partial charge in [-0.3, -0.25) is 0 Å². The first-order valence-electron chi connectivity index (χ1n) is 6.10. The molecule has 1 aliphatic rings. The normalized spacial score (nSPS) is 16.4. The summed E-state index contributed by atoms with van der Waals surface area (Å²) in [6.07, 6.45) is 1.89. The van der Waals surface area contributed by atoms with Gasteiger partial charge < -0.3 is 4.74 Å². The van der Waals surface area contributed by atoms with Gasteiger partial charge in [0.1, 0.15) is 5.75 Å². The predicted octanol–water partition coefficient (Wildman–Crippen LogP) is 4.93. The van der Waals surface area contributed by atoms with Crippen molar-refractivity contribution < 1.29 is 17.9 Å². The maximum Gasteiger partial charge on any atom is 0.269 e. The van der Waals surface area contributed by atoms with Gasteiger partial charge in [-0.05, 0) is 43.5 Å². The third-order valence-electron chi connectivity index (χ3n) is 2.95. The molecular weight excluding hydrogens is 253 g/mol. The number of halogens is 3. The summed E-state index contributed by atoms with van der Waals surface area (Å²) in [4.78, 5) is 0. The van der Waals surface area contributed by atoms with E-state index in [-0.39, 0.29) is 12.2 Å². The first kappa shape index (κ1) is 13.7. The number of aryl methyl sites for hydroxylation is 1. The summed E-state index contributed by atoms with van der Waals surface area (Å²) < 4.78 is 45.9. The largest absolute Gasteiger partial charge is 0.455 e. The van der Waals surface area contributed by atoms with Crippen molar-refractivity contribution >= 4 is 0 Å². The molecule has 0 saturated carbocycles. The summed E-state index contributed by atoms with van der Waals surface area (Å²) >= 11 is 0. The van der Waals surface area contributed by atoms with Gasteiger partial charge in [-0.1, -0.05) is 12.1 Å². The highest BCUT2D eigenvalue weighted by Crippen LogP contribution is 2.37. The molecule has 0 heterocycles. The molecule has 4 heteroatoms. The number of rotatable bonds is 3. The van der Waals surface area contributed by atoms with Crippen molar-refractivity contribution in [2.45, 2.75) is 32.6 Å². The maximum absolute atomic E-state index is 14.0. The molecule has 0 radical (unpaired) electrons. The molecule has 0 N–H and O–H groups in total. The van der Waals surface area contributed by atoms with Crippen molar-refractivity contribution in [3.05, 3.63) is 53.1 Å². The summed E-state index contributed by atoms with van der Waals surface area (Å²) in [5.74, 6) is -3.77. The molecule has 19 heavy (non-hydrogen) atoms. The molecule has 1 nitrogen and oxygen atoms in total. The second-order valence-electron chi connectivity index (χ2n) is 4.71. The first-order chi connectivity index (χ1) is 8.88. The van der Waals surface area contributed by atoms with Crippen LogP contribution in [-0.2, 0) is 0 Å². The second kappa shape index (κ2) is 5.11. The fourth-order valence-corrected chi connectivity index (χ4v) is 2.00. The lowest BCUT2D eigenvalue weighted by Gasteiger charge is -2.21. The fraction of sp³-hybridized carbons (Fsp3) is 0.333. The van der Waals surface area contributed by atoms with Crippen LogP contribution in [0.1, 0.15) is 25.3 Å². The summed E-state index contributed by atoms with van der Waals surface area (Å²) in [6, 6.07) is 7.04. The van der Waals surface area contributed by atoms with Crippen molar-refractivity contribution in [3.63, 3.8) is 0 Å². The Morgan fingerprint density at radius 3 is 2.63 bits per heavy atom. The van der Waals surface area contributed by atoms with Crippen LogP contribution in [0.15, 0.2) is 47.5 Å². The summed E-state index contributed by atoms with van der Waals surface area (Å²) in [5.41, 5.74) is 0.469. The Bertz CT molecular complexity index is 539. The predicted molar refractivity (Wildman–Crippen MR) is 67.9 cm³/mol. The molecule has 0 saturated heterocycles. The van der Waals surface area contributed by atoms with Gasteiger partial charge in [0, 0.05) is 12.5 Å². The zero-order chi connectivity index (χ0) is 14.0. The molecule has 1 aromatic rings. The Labute approximate surface area is 110 Å². The van der Waals surface area contributed by atoms with Crippen LogP contribution >= 0.6 is 0 Å². The molecule has 2 rings (SSSR count). The quantitative estimate of drug-likeness (QED) is 0.755. The molecule has 1 aliphatic carbocycles. The van der Waals surface area contributed by atoms with Crippen LogP contribution in [0.2, 0.25) is 0 Å². The van der Waals surface area contributed by atoms with E-state index in [0.29, 0.717) is 19.1 Å². The smallest absolute Gasteiger partial charge is 0.269 e. The van der Waals surface area contributed by atoms with E-state index in [1.165, 1.54) is 6.08 Å². The number of alkyl halides is 2. The average molecular weight is 268 g/mol. The van der Waals surface area contributed by atoms with Gasteiger partial charge in [0.15, 0.2) is 11.6 Å². The fourth-order valence-electron chi connectivity index (χ4n) is 2.00. The molecule has 0 fully saturated rings. The van der Waals surface area contributed by atoms with Crippen LogP contribution in [-0.4, -0.2) is 5.92 Å². The highest BCUT2D eigenvalue weighted by Gasteiger charge is 2.34. The number of allylic oxidation sites excluding steroid dienone is 3. The van der Waals surface area contributed by atoms with E-state index in [9.17, 15) is 13.2 Å². The highest BCUT2D eigenvalue weighted by molar-refractivity contribution is 5.37. The van der Waals surface area contributed by atoms with Gasteiger partial charge in [-0.15, -0.1) is 0 Å². The van der Waals surface area contributed by atoms with Crippen molar-refractivity contribution in [1.82, 2.24) is 0 Å². The highest BCUT2D eigenvalue weighted by atomic mass is 19.3. The Kier molecular flexibility index (Phi) is 3.69. The Balaban J connectivity index is 2.26. The van der Waals surface area contributed by atoms with Crippen LogP contribution in [0, 0.1) is 6.92 Å². The van der Waals surface area contributed by atoms with Crippen LogP contribution in [0.4, 0.5) is 13.2 Å². The van der Waals surface area contributed by atoms with Gasteiger partial charge in [0.2, 0.25) is 0 Å². The van der Waals surface area contributed by atoms with E-state index in [2.05, 4.69) is 0 Å². The van der Waals surface area contributed by atoms with Crippen molar-refractivity contribution in [2.24, 2.45) is 0 Å². The van der Waals surface area contributed by atoms with Crippen molar-refractivity contribution in [1.29, 1.82) is 0 Å². The zero-order valence-electron chi connectivity index (χ0n) is 10.8. The zero-order valence-corrected chi connectivity index (χ0v) is 10.8. The molecule has 0 atom stereocenters. The summed E-state index contributed by atoms with van der Waals surface area (Å²) in [5, 5.41) is 0. The Morgan fingerprint density at radius 1 is 1.26 bits per heavy atom. The van der Waals surface area contributed by atoms with Crippen LogP contribution in [0.3, 0.4) is 0 Å². The Morgan fingerprint density at radius 2 is 2.00 bits per heavy atom. The van der Waals surface area contributed by atoms with Crippen molar-refractivity contribution in [3.8, 4) is 5.75 Å². The van der Waals surface area contributed by atoms with Gasteiger partial charge in [0.25, 0.3) is 5.92 Å². The molecule has 0 unspecified atom stereocenters. The van der Waals surface area contributed by atoms with Crippen LogP contribution in [0.5, 0.6) is 5.75 Å². The average Bonchev–Trinajstić information content (AvgIpc) is 2.30. The third kappa shape index (κ3) is 3.19. The van der Waals surface area contributed by atoms with E-state index in [0.717, 1.165) is 5.56 Å². The summed E-state index contributed by atoms with van der Waals surface area (Å²) in [7, 11) is 0. The SMILES string of the molecule is Cc1cccc(OC2=CCCC(C(C)(F)F)=C2F)c1. The first-order valence-corrected chi connectivity index (χ1v) is 6.10. The second-order valence-corrected chi connectivity index (χ2v) is 4.71. The number of hydrogen-bond acceptors (Lipinski definition) is 1. The molecule has 1 aromatic carbocycles. The molecule has 102 valence electrons. The van der Waals surface area contributed by atoms with Crippen LogP contribution < -0.4 is 4.74 Å². The lowest BCUT2D eigenvalue weighted by Crippen LogP contribution is -2.19. The van der Waals surface area contributed by atoms with Gasteiger partial charge in [-0.25, -0.2) is 13.2 Å². The lowest BCUT2D eigenvalue weighted by atomic mass is 9.98. The molecule has 0 aromatic heterocycles. The maximum atomic E-state index is 14.0. The lowest BCUT2D eigenvalue weighted by molar-refractivity contribution is 0.0554. The van der Waals surface area contributed by atoms with Gasteiger partial charge in [-0.2, -0.15) is 0 Å². The van der Waals surface area contributed by atoms with Crippen LogP contribution in [0.25, 0.3) is 0 Å². The minimum atomic E-state index is -3.15. The monoisotopic (exact) mass is 268 g/mol. The Hall–Kier alpha value is -1.71. The van der Waals surface area contributed by atoms with E-state index in [1.54, 1.807) is 18.2 Å². The van der Waals surface area contributed by atoms with Gasteiger partial charge >= 0.3 is 0 Å². The molecule has 0 aliphatic heterocycles. The number of hydrogen-bond donors (Lipinski definition) is 0. The molecule has 0 bridgehead atoms. The molecule has 0 spiro atoms. The number of benzene rings is 1. The van der Waals surface area contributed by atoms with Crippen molar-refractivity contribution in [2.75, 3.05) is 0 Å².